The number of ether oxygens (including phenoxy) is 1. The summed E-state index contributed by atoms with van der Waals surface area (Å²) in [5.74, 6) is 1.26. The zero-order chi connectivity index (χ0) is 15.5. The molecule has 0 aliphatic carbocycles. The third kappa shape index (κ3) is 2.77. The number of aromatic hydroxyl groups is 1. The van der Waals surface area contributed by atoms with Crippen LogP contribution in [-0.4, -0.2) is 27.5 Å². The van der Waals surface area contributed by atoms with Crippen LogP contribution in [0.15, 0.2) is 53.1 Å². The Morgan fingerprint density at radius 1 is 1.14 bits per heavy atom. The molecule has 112 valence electrons. The van der Waals surface area contributed by atoms with Crippen molar-refractivity contribution in [3.63, 3.8) is 0 Å². The molecule has 0 bridgehead atoms. The first-order chi connectivity index (χ1) is 10.7. The normalized spacial score (nSPS) is 12.1. The molecule has 0 saturated heterocycles. The first-order valence-electron chi connectivity index (χ1n) is 6.62. The molecule has 1 heterocycles. The van der Waals surface area contributed by atoms with Crippen molar-refractivity contribution in [3.8, 4) is 23.0 Å². The first-order valence-corrected chi connectivity index (χ1v) is 6.62. The fourth-order valence-electron chi connectivity index (χ4n) is 2.02. The fraction of sp³-hybridized carbons (Fsp3) is 0.125. The van der Waals surface area contributed by atoms with Crippen molar-refractivity contribution in [2.24, 2.45) is 0 Å². The Hall–Kier alpha value is -2.86. The second-order valence-corrected chi connectivity index (χ2v) is 4.68. The van der Waals surface area contributed by atoms with E-state index in [1.54, 1.807) is 25.3 Å². The fourth-order valence-corrected chi connectivity index (χ4v) is 2.02. The van der Waals surface area contributed by atoms with Gasteiger partial charge in [0.25, 0.3) is 5.89 Å². The largest absolute Gasteiger partial charge is 0.508 e. The summed E-state index contributed by atoms with van der Waals surface area (Å²) in [5, 5.41) is 23.3. The smallest absolute Gasteiger partial charge is 0.258 e. The van der Waals surface area contributed by atoms with Crippen LogP contribution in [0.3, 0.4) is 0 Å². The Bertz CT molecular complexity index is 768. The molecule has 3 rings (SSSR count). The van der Waals surface area contributed by atoms with E-state index in [-0.39, 0.29) is 11.6 Å². The van der Waals surface area contributed by atoms with Gasteiger partial charge in [-0.2, -0.15) is 4.98 Å². The topological polar surface area (TPSA) is 88.6 Å². The summed E-state index contributed by atoms with van der Waals surface area (Å²) in [7, 11) is 1.58. The molecule has 0 aliphatic heterocycles. The Balaban J connectivity index is 1.88. The van der Waals surface area contributed by atoms with E-state index in [2.05, 4.69) is 10.1 Å². The van der Waals surface area contributed by atoms with Crippen molar-refractivity contribution in [1.29, 1.82) is 0 Å². The van der Waals surface area contributed by atoms with Crippen molar-refractivity contribution in [3.05, 3.63) is 59.9 Å². The van der Waals surface area contributed by atoms with Crippen LogP contribution in [0.4, 0.5) is 0 Å². The number of rotatable bonds is 4. The lowest BCUT2D eigenvalue weighted by atomic mass is 10.1. The predicted molar refractivity (Wildman–Crippen MR) is 78.5 cm³/mol. The van der Waals surface area contributed by atoms with Crippen molar-refractivity contribution < 1.29 is 19.5 Å². The molecule has 0 amide bonds. The van der Waals surface area contributed by atoms with E-state index in [9.17, 15) is 10.2 Å². The summed E-state index contributed by atoms with van der Waals surface area (Å²) in [5.41, 5.74) is 1.27. The second kappa shape index (κ2) is 5.87. The van der Waals surface area contributed by atoms with Gasteiger partial charge < -0.3 is 19.5 Å². The molecule has 0 radical (unpaired) electrons. The van der Waals surface area contributed by atoms with Gasteiger partial charge in [-0.05, 0) is 35.9 Å². The van der Waals surface area contributed by atoms with Gasteiger partial charge in [0.1, 0.15) is 17.6 Å². The van der Waals surface area contributed by atoms with Gasteiger partial charge in [0, 0.05) is 5.56 Å². The van der Waals surface area contributed by atoms with E-state index in [4.69, 9.17) is 9.26 Å². The standard InChI is InChI=1S/C16H14N2O4/c1-21-13-4-2-3-11(9-13)16-17-15(18-22-16)14(20)10-5-7-12(19)8-6-10/h2-9,14,19-20H,1H3. The first kappa shape index (κ1) is 14.1. The molecule has 6 heteroatoms. The van der Waals surface area contributed by atoms with Crippen LogP contribution in [-0.2, 0) is 0 Å². The summed E-state index contributed by atoms with van der Waals surface area (Å²) in [6.45, 7) is 0. The molecular formula is C16H14N2O4. The highest BCUT2D eigenvalue weighted by Crippen LogP contribution is 2.26. The number of nitrogens with zero attached hydrogens (tertiary/aromatic N) is 2. The molecule has 0 spiro atoms. The minimum absolute atomic E-state index is 0.126. The van der Waals surface area contributed by atoms with Gasteiger partial charge >= 0.3 is 0 Å². The quantitative estimate of drug-likeness (QED) is 0.769. The van der Waals surface area contributed by atoms with Gasteiger partial charge in [-0.1, -0.05) is 23.4 Å². The average Bonchev–Trinajstić information content (AvgIpc) is 3.05. The monoisotopic (exact) mass is 298 g/mol. The zero-order valence-corrected chi connectivity index (χ0v) is 11.8. The highest BCUT2D eigenvalue weighted by atomic mass is 16.5. The lowest BCUT2D eigenvalue weighted by molar-refractivity contribution is 0.204. The second-order valence-electron chi connectivity index (χ2n) is 4.68. The molecule has 1 atom stereocenters. The Kier molecular flexibility index (Phi) is 3.76. The van der Waals surface area contributed by atoms with Crippen LogP contribution in [0, 0.1) is 0 Å². The predicted octanol–water partition coefficient (Wildman–Crippen LogP) is 2.53. The average molecular weight is 298 g/mol. The number of benzene rings is 2. The van der Waals surface area contributed by atoms with Crippen molar-refractivity contribution in [1.82, 2.24) is 10.1 Å². The maximum absolute atomic E-state index is 10.3. The number of phenolic OH excluding ortho intramolecular Hbond substituents is 1. The van der Waals surface area contributed by atoms with Gasteiger partial charge in [0.15, 0.2) is 0 Å². The van der Waals surface area contributed by atoms with Crippen LogP contribution in [0.5, 0.6) is 11.5 Å². The minimum Gasteiger partial charge on any atom is -0.508 e. The number of aromatic nitrogens is 2. The summed E-state index contributed by atoms with van der Waals surface area (Å²) in [4.78, 5) is 4.21. The van der Waals surface area contributed by atoms with E-state index in [1.807, 2.05) is 18.2 Å². The molecule has 2 N–H and O–H groups in total. The molecule has 1 unspecified atom stereocenters. The van der Waals surface area contributed by atoms with Crippen LogP contribution < -0.4 is 4.74 Å². The molecule has 22 heavy (non-hydrogen) atoms. The third-order valence-electron chi connectivity index (χ3n) is 3.21. The number of methoxy groups -OCH3 is 1. The van der Waals surface area contributed by atoms with Crippen molar-refractivity contribution in [2.75, 3.05) is 7.11 Å². The number of hydrogen-bond acceptors (Lipinski definition) is 6. The Morgan fingerprint density at radius 3 is 2.64 bits per heavy atom. The number of hydrogen-bond donors (Lipinski definition) is 2. The van der Waals surface area contributed by atoms with E-state index in [1.165, 1.54) is 12.1 Å². The summed E-state index contributed by atoms with van der Waals surface area (Å²) >= 11 is 0. The summed E-state index contributed by atoms with van der Waals surface area (Å²) in [6.07, 6.45) is -1.02. The van der Waals surface area contributed by atoms with Gasteiger partial charge in [-0.3, -0.25) is 0 Å². The lowest BCUT2D eigenvalue weighted by Crippen LogP contribution is -2.01. The third-order valence-corrected chi connectivity index (χ3v) is 3.21. The van der Waals surface area contributed by atoms with E-state index >= 15 is 0 Å². The molecule has 0 fully saturated rings. The van der Waals surface area contributed by atoms with Crippen LogP contribution in [0.2, 0.25) is 0 Å². The van der Waals surface area contributed by atoms with Gasteiger partial charge in [0.05, 0.1) is 7.11 Å². The maximum atomic E-state index is 10.3. The van der Waals surface area contributed by atoms with Crippen molar-refractivity contribution in [2.45, 2.75) is 6.10 Å². The molecular weight excluding hydrogens is 284 g/mol. The van der Waals surface area contributed by atoms with E-state index in [0.29, 0.717) is 22.8 Å². The molecule has 1 aromatic heterocycles. The Morgan fingerprint density at radius 2 is 1.91 bits per heavy atom. The number of aliphatic hydroxyl groups excluding tert-OH is 1. The van der Waals surface area contributed by atoms with E-state index < -0.39 is 6.10 Å². The summed E-state index contributed by atoms with van der Waals surface area (Å²) in [6, 6.07) is 13.4. The van der Waals surface area contributed by atoms with Crippen LogP contribution in [0.1, 0.15) is 17.5 Å². The van der Waals surface area contributed by atoms with Gasteiger partial charge in [-0.15, -0.1) is 0 Å². The maximum Gasteiger partial charge on any atom is 0.258 e. The van der Waals surface area contributed by atoms with Crippen molar-refractivity contribution >= 4 is 0 Å². The highest BCUT2D eigenvalue weighted by molar-refractivity contribution is 5.55. The number of phenols is 1. The summed E-state index contributed by atoms with van der Waals surface area (Å²) < 4.78 is 10.3. The van der Waals surface area contributed by atoms with Crippen LogP contribution in [0.25, 0.3) is 11.5 Å². The van der Waals surface area contributed by atoms with Gasteiger partial charge in [0.2, 0.25) is 5.82 Å². The molecule has 2 aromatic carbocycles. The zero-order valence-electron chi connectivity index (χ0n) is 11.8. The molecule has 0 saturated carbocycles. The lowest BCUT2D eigenvalue weighted by Gasteiger charge is -2.05. The van der Waals surface area contributed by atoms with Gasteiger partial charge in [-0.25, -0.2) is 0 Å². The molecule has 0 aliphatic rings. The SMILES string of the molecule is COc1cccc(-c2nc(C(O)c3ccc(O)cc3)no2)c1. The van der Waals surface area contributed by atoms with Crippen LogP contribution >= 0.6 is 0 Å². The van der Waals surface area contributed by atoms with E-state index in [0.717, 1.165) is 0 Å². The molecule has 3 aromatic rings. The minimum atomic E-state index is -1.02. The Labute approximate surface area is 126 Å². The number of aliphatic hydroxyl groups is 1. The highest BCUT2D eigenvalue weighted by Gasteiger charge is 2.18. The molecule has 6 nitrogen and oxygen atoms in total.